The normalized spacial score (nSPS) is 11.2. The highest BCUT2D eigenvalue weighted by Gasteiger charge is 2.16. The van der Waals surface area contributed by atoms with Gasteiger partial charge in [-0.1, -0.05) is 0 Å². The summed E-state index contributed by atoms with van der Waals surface area (Å²) in [4.78, 5) is 6.94. The Morgan fingerprint density at radius 2 is 2.15 bits per heavy atom. The highest BCUT2D eigenvalue weighted by molar-refractivity contribution is 7.07. The Hall–Kier alpha value is -1.99. The Labute approximate surface area is 117 Å². The maximum Gasteiger partial charge on any atom is 0.201 e. The van der Waals surface area contributed by atoms with Gasteiger partial charge in [0.2, 0.25) is 5.82 Å². The summed E-state index contributed by atoms with van der Waals surface area (Å²) in [6.07, 6.45) is 0. The Morgan fingerprint density at radius 1 is 1.30 bits per heavy atom. The lowest BCUT2D eigenvalue weighted by atomic mass is 10.2. The Morgan fingerprint density at radius 3 is 2.85 bits per heavy atom. The van der Waals surface area contributed by atoms with Crippen LogP contribution in [0.5, 0.6) is 5.75 Å². The zero-order chi connectivity index (χ0) is 14.1. The van der Waals surface area contributed by atoms with Gasteiger partial charge in [-0.05, 0) is 6.07 Å². The molecule has 0 unspecified atom stereocenters. The molecule has 1 aromatic carbocycles. The van der Waals surface area contributed by atoms with Gasteiger partial charge in [0.25, 0.3) is 0 Å². The van der Waals surface area contributed by atoms with Gasteiger partial charge in [0, 0.05) is 29.1 Å². The summed E-state index contributed by atoms with van der Waals surface area (Å²) >= 11 is 1.41. The Kier molecular flexibility index (Phi) is 3.37. The monoisotopic (exact) mass is 295 g/mol. The average Bonchev–Trinajstić information content (AvgIpc) is 3.10. The highest BCUT2D eigenvalue weighted by Crippen LogP contribution is 2.29. The van der Waals surface area contributed by atoms with Crippen LogP contribution in [0.1, 0.15) is 11.4 Å². The third kappa shape index (κ3) is 2.25. The Bertz CT molecular complexity index is 740. The van der Waals surface area contributed by atoms with Gasteiger partial charge in [-0.25, -0.2) is 9.37 Å². The number of aromatic amines is 1. The number of fused-ring (bicyclic) bond motifs is 1. The first-order chi connectivity index (χ1) is 9.69. The quantitative estimate of drug-likeness (QED) is 0.778. The van der Waals surface area contributed by atoms with Crippen LogP contribution in [-0.4, -0.2) is 9.97 Å². The number of nitrogens with one attached hydrogen (secondary N) is 1. The van der Waals surface area contributed by atoms with Crippen LogP contribution in [0.3, 0.4) is 0 Å². The number of halogens is 2. The molecule has 0 bridgehead atoms. The average molecular weight is 295 g/mol. The van der Waals surface area contributed by atoms with Gasteiger partial charge in [0.15, 0.2) is 11.6 Å². The number of nitrogens with two attached hydrogens (primary N) is 1. The van der Waals surface area contributed by atoms with Crippen molar-refractivity contribution in [2.24, 2.45) is 5.73 Å². The number of hydrogen-bond donors (Lipinski definition) is 2. The van der Waals surface area contributed by atoms with Crippen molar-refractivity contribution in [1.29, 1.82) is 0 Å². The van der Waals surface area contributed by atoms with Gasteiger partial charge in [0.05, 0.1) is 16.7 Å². The molecule has 0 saturated heterocycles. The number of nitrogens with zero attached hydrogens (tertiary/aromatic N) is 1. The van der Waals surface area contributed by atoms with Crippen LogP contribution in [0.25, 0.3) is 10.9 Å². The first kappa shape index (κ1) is 13.0. The van der Waals surface area contributed by atoms with Gasteiger partial charge in [-0.15, -0.1) is 11.3 Å². The summed E-state index contributed by atoms with van der Waals surface area (Å²) in [5, 5.41) is 1.96. The zero-order valence-corrected chi connectivity index (χ0v) is 11.1. The molecule has 104 valence electrons. The van der Waals surface area contributed by atoms with Crippen LogP contribution in [0.4, 0.5) is 8.78 Å². The molecule has 7 heteroatoms. The third-order valence-electron chi connectivity index (χ3n) is 2.90. The van der Waals surface area contributed by atoms with E-state index >= 15 is 0 Å². The van der Waals surface area contributed by atoms with E-state index in [-0.39, 0.29) is 24.3 Å². The minimum atomic E-state index is -1.00. The topological polar surface area (TPSA) is 63.9 Å². The molecule has 0 fully saturated rings. The summed E-state index contributed by atoms with van der Waals surface area (Å²) in [6, 6.07) is 2.93. The minimum absolute atomic E-state index is 0.0931. The number of benzene rings is 1. The van der Waals surface area contributed by atoms with Crippen molar-refractivity contribution < 1.29 is 13.5 Å². The molecule has 0 aliphatic heterocycles. The lowest BCUT2D eigenvalue weighted by Gasteiger charge is -2.07. The van der Waals surface area contributed by atoms with E-state index in [1.807, 2.05) is 0 Å². The molecule has 3 aromatic rings. The molecule has 0 aliphatic carbocycles. The standard InChI is InChI=1S/C13H11F2N3OS/c14-12-9-1-7(3-16)18-10(9)2-11(13(12)15)19-4-8-5-20-6-17-8/h1-2,5-6,18H,3-4,16H2. The molecule has 2 heterocycles. The van der Waals surface area contributed by atoms with Crippen LogP contribution in [0.15, 0.2) is 23.0 Å². The summed E-state index contributed by atoms with van der Waals surface area (Å²) in [5.74, 6) is -2.09. The molecule has 0 spiro atoms. The van der Waals surface area contributed by atoms with Gasteiger partial charge in [-0.3, -0.25) is 0 Å². The third-order valence-corrected chi connectivity index (χ3v) is 3.54. The minimum Gasteiger partial charge on any atom is -0.484 e. The smallest absolute Gasteiger partial charge is 0.201 e. The van der Waals surface area contributed by atoms with Crippen molar-refractivity contribution in [2.75, 3.05) is 0 Å². The summed E-state index contributed by atoms with van der Waals surface area (Å²) < 4.78 is 33.1. The molecule has 0 amide bonds. The van der Waals surface area contributed by atoms with Crippen molar-refractivity contribution in [2.45, 2.75) is 13.2 Å². The van der Waals surface area contributed by atoms with Crippen molar-refractivity contribution in [3.05, 3.63) is 46.0 Å². The number of thiazole rings is 1. The lowest BCUT2D eigenvalue weighted by molar-refractivity contribution is 0.282. The molecular weight excluding hydrogens is 284 g/mol. The van der Waals surface area contributed by atoms with Crippen molar-refractivity contribution in [1.82, 2.24) is 9.97 Å². The fraction of sp³-hybridized carbons (Fsp3) is 0.154. The molecule has 20 heavy (non-hydrogen) atoms. The number of aromatic nitrogens is 2. The predicted molar refractivity (Wildman–Crippen MR) is 72.6 cm³/mol. The summed E-state index contributed by atoms with van der Waals surface area (Å²) in [6.45, 7) is 0.320. The van der Waals surface area contributed by atoms with Crippen molar-refractivity contribution in [3.8, 4) is 5.75 Å². The van der Waals surface area contributed by atoms with Crippen molar-refractivity contribution in [3.63, 3.8) is 0 Å². The van der Waals surface area contributed by atoms with Crippen LogP contribution in [-0.2, 0) is 13.2 Å². The van der Waals surface area contributed by atoms with Crippen LogP contribution < -0.4 is 10.5 Å². The van der Waals surface area contributed by atoms with E-state index in [1.54, 1.807) is 10.9 Å². The lowest BCUT2D eigenvalue weighted by Crippen LogP contribution is -1.99. The van der Waals surface area contributed by atoms with Crippen LogP contribution in [0, 0.1) is 11.6 Å². The van der Waals surface area contributed by atoms with E-state index in [0.29, 0.717) is 16.9 Å². The number of H-pyrrole nitrogens is 1. The van der Waals surface area contributed by atoms with Gasteiger partial charge in [-0.2, -0.15) is 4.39 Å². The van der Waals surface area contributed by atoms with E-state index in [0.717, 1.165) is 0 Å². The molecule has 0 atom stereocenters. The molecule has 3 N–H and O–H groups in total. The number of rotatable bonds is 4. The van der Waals surface area contributed by atoms with Gasteiger partial charge in [0.1, 0.15) is 6.61 Å². The first-order valence-electron chi connectivity index (χ1n) is 5.88. The second-order valence-corrected chi connectivity index (χ2v) is 4.95. The van der Waals surface area contributed by atoms with E-state index < -0.39 is 11.6 Å². The predicted octanol–water partition coefficient (Wildman–Crippen LogP) is 2.94. The summed E-state index contributed by atoms with van der Waals surface area (Å²) in [5.41, 5.74) is 8.89. The first-order valence-corrected chi connectivity index (χ1v) is 6.83. The van der Waals surface area contributed by atoms with Gasteiger partial charge >= 0.3 is 0 Å². The maximum atomic E-state index is 13.9. The molecule has 2 aromatic heterocycles. The molecule has 0 radical (unpaired) electrons. The molecule has 3 rings (SSSR count). The fourth-order valence-corrected chi connectivity index (χ4v) is 2.46. The zero-order valence-electron chi connectivity index (χ0n) is 10.3. The second kappa shape index (κ2) is 5.18. The molecular formula is C13H11F2N3OS. The van der Waals surface area contributed by atoms with Crippen LogP contribution >= 0.6 is 11.3 Å². The second-order valence-electron chi connectivity index (χ2n) is 4.23. The molecule has 0 aliphatic rings. The van der Waals surface area contributed by atoms with E-state index in [2.05, 4.69) is 9.97 Å². The van der Waals surface area contributed by atoms with E-state index in [1.165, 1.54) is 23.5 Å². The fourth-order valence-electron chi connectivity index (χ4n) is 1.92. The maximum absolute atomic E-state index is 13.9. The number of ether oxygens (including phenoxy) is 1. The molecule has 4 nitrogen and oxygen atoms in total. The SMILES string of the molecule is NCc1cc2c(F)c(F)c(OCc3cscn3)cc2[nH]1. The number of hydrogen-bond acceptors (Lipinski definition) is 4. The van der Waals surface area contributed by atoms with Crippen LogP contribution in [0.2, 0.25) is 0 Å². The Balaban J connectivity index is 1.96. The van der Waals surface area contributed by atoms with E-state index in [4.69, 9.17) is 10.5 Å². The highest BCUT2D eigenvalue weighted by atomic mass is 32.1. The van der Waals surface area contributed by atoms with E-state index in [9.17, 15) is 8.78 Å². The summed E-state index contributed by atoms with van der Waals surface area (Å²) in [7, 11) is 0. The van der Waals surface area contributed by atoms with Crippen molar-refractivity contribution >= 4 is 22.2 Å². The largest absolute Gasteiger partial charge is 0.484 e. The molecule has 0 saturated carbocycles. The van der Waals surface area contributed by atoms with Gasteiger partial charge < -0.3 is 15.5 Å².